The van der Waals surface area contributed by atoms with Gasteiger partial charge in [-0.25, -0.2) is 0 Å². The first-order chi connectivity index (χ1) is 4.81. The average molecular weight is 200 g/mol. The normalized spacial score (nSPS) is 19.9. The van der Waals surface area contributed by atoms with Crippen LogP contribution in [-0.4, -0.2) is 35.9 Å². The SMILES string of the molecule is [C-]#CC.[Cl-].[Mg+2].[O-]C1CCCCO1. The van der Waals surface area contributed by atoms with Gasteiger partial charge in [0.25, 0.3) is 0 Å². The number of hydrogen-bond donors (Lipinski definition) is 0. The number of ether oxygens (including phenoxy) is 1. The van der Waals surface area contributed by atoms with Gasteiger partial charge in [0.15, 0.2) is 0 Å². The molecule has 0 aromatic heterocycles. The maximum Gasteiger partial charge on any atom is 2.00 e. The van der Waals surface area contributed by atoms with E-state index in [4.69, 9.17) is 11.2 Å². The van der Waals surface area contributed by atoms with Crippen molar-refractivity contribution >= 4 is 23.1 Å². The van der Waals surface area contributed by atoms with Crippen LogP contribution in [-0.2, 0) is 4.74 Å². The molecule has 1 unspecified atom stereocenters. The van der Waals surface area contributed by atoms with Crippen LogP contribution in [0.1, 0.15) is 26.2 Å². The Labute approximate surface area is 96.6 Å². The molecule has 0 amide bonds. The Balaban J connectivity index is -0.000000146. The van der Waals surface area contributed by atoms with Gasteiger partial charge in [-0.05, 0) is 32.5 Å². The topological polar surface area (TPSA) is 32.3 Å². The zero-order valence-electron chi connectivity index (χ0n) is 7.31. The molecule has 1 atom stereocenters. The van der Waals surface area contributed by atoms with Gasteiger partial charge >= 0.3 is 23.1 Å². The zero-order chi connectivity index (χ0) is 7.82. The van der Waals surface area contributed by atoms with Gasteiger partial charge in [-0.3, -0.25) is 0 Å². The van der Waals surface area contributed by atoms with Gasteiger partial charge in [-0.1, -0.05) is 0 Å². The van der Waals surface area contributed by atoms with Crippen LogP contribution >= 0.6 is 0 Å². The summed E-state index contributed by atoms with van der Waals surface area (Å²) in [5.41, 5.74) is 0. The molecule has 1 rings (SSSR count). The van der Waals surface area contributed by atoms with Crippen LogP contribution in [0.2, 0.25) is 0 Å². The molecule has 0 radical (unpaired) electrons. The maximum atomic E-state index is 10.3. The molecule has 1 heterocycles. The van der Waals surface area contributed by atoms with E-state index in [0.29, 0.717) is 13.0 Å². The van der Waals surface area contributed by atoms with E-state index in [2.05, 4.69) is 0 Å². The Bertz CT molecular complexity index is 108. The first-order valence-corrected chi connectivity index (χ1v) is 3.42. The van der Waals surface area contributed by atoms with E-state index in [1.807, 2.05) is 5.92 Å². The summed E-state index contributed by atoms with van der Waals surface area (Å²) < 4.78 is 4.72. The standard InChI is InChI=1S/C5H9O2.C3H3.ClH.Mg/c6-5-3-1-2-4-7-5;1-3-2;;/h5H,1-4H2;1H3;1H;/q2*-1;;+2/p-1. The van der Waals surface area contributed by atoms with E-state index in [-0.39, 0.29) is 35.5 Å². The summed E-state index contributed by atoms with van der Waals surface area (Å²) in [6, 6.07) is 0. The first kappa shape index (κ1) is 18.3. The van der Waals surface area contributed by atoms with E-state index in [1.165, 1.54) is 0 Å². The van der Waals surface area contributed by atoms with E-state index in [1.54, 1.807) is 6.92 Å². The fourth-order valence-electron chi connectivity index (χ4n) is 0.711. The molecule has 0 N–H and O–H groups in total. The molecule has 4 heteroatoms. The zero-order valence-corrected chi connectivity index (χ0v) is 9.48. The predicted octanol–water partition coefficient (Wildman–Crippen LogP) is -2.91. The predicted molar refractivity (Wildman–Crippen MR) is 42.2 cm³/mol. The van der Waals surface area contributed by atoms with Crippen molar-refractivity contribution in [2.75, 3.05) is 6.61 Å². The maximum absolute atomic E-state index is 10.3. The number of halogens is 1. The Morgan fingerprint density at radius 1 is 1.50 bits per heavy atom. The molecule has 0 saturated carbocycles. The molecule has 1 saturated heterocycles. The second-order valence-corrected chi connectivity index (χ2v) is 2.05. The first-order valence-electron chi connectivity index (χ1n) is 3.42. The van der Waals surface area contributed by atoms with Gasteiger partial charge in [0, 0.05) is 6.61 Å². The van der Waals surface area contributed by atoms with Crippen LogP contribution in [0.5, 0.6) is 0 Å². The smallest absolute Gasteiger partial charge is 1.00 e. The molecule has 0 aliphatic carbocycles. The van der Waals surface area contributed by atoms with E-state index < -0.39 is 6.29 Å². The van der Waals surface area contributed by atoms with Crippen molar-refractivity contribution in [3.05, 3.63) is 6.42 Å². The summed E-state index contributed by atoms with van der Waals surface area (Å²) in [6.45, 7) is 2.22. The summed E-state index contributed by atoms with van der Waals surface area (Å²) in [4.78, 5) is 0. The van der Waals surface area contributed by atoms with Gasteiger partial charge in [0.05, 0.1) is 0 Å². The van der Waals surface area contributed by atoms with Crippen LogP contribution < -0.4 is 17.5 Å². The third-order valence-corrected chi connectivity index (χ3v) is 1.14. The summed E-state index contributed by atoms with van der Waals surface area (Å²) in [6.07, 6.45) is 8.07. The van der Waals surface area contributed by atoms with Gasteiger partial charge in [-0.2, -0.15) is 0 Å². The van der Waals surface area contributed by atoms with Crippen molar-refractivity contribution in [1.29, 1.82) is 0 Å². The average Bonchev–Trinajstić information content (AvgIpc) is 1.91. The Hall–Kier alpha value is 0.536. The largest absolute Gasteiger partial charge is 2.00 e. The Kier molecular flexibility index (Phi) is 21.5. The molecule has 0 bridgehead atoms. The number of rotatable bonds is 0. The van der Waals surface area contributed by atoms with Crippen molar-refractivity contribution < 1.29 is 22.3 Å². The molecule has 1 fully saturated rings. The fourth-order valence-corrected chi connectivity index (χ4v) is 0.711. The van der Waals surface area contributed by atoms with Crippen LogP contribution in [0, 0.1) is 12.3 Å². The van der Waals surface area contributed by atoms with Crippen LogP contribution in [0.4, 0.5) is 0 Å². The molecule has 1 aliphatic rings. The van der Waals surface area contributed by atoms with Crippen molar-refractivity contribution in [2.45, 2.75) is 32.5 Å². The summed E-state index contributed by atoms with van der Waals surface area (Å²) >= 11 is 0. The third kappa shape index (κ3) is 13.1. The molecule has 0 spiro atoms. The van der Waals surface area contributed by atoms with Crippen LogP contribution in [0.15, 0.2) is 0 Å². The molecular formula is C8H12ClMgO2-. The third-order valence-electron chi connectivity index (χ3n) is 1.14. The van der Waals surface area contributed by atoms with Crippen molar-refractivity contribution in [1.82, 2.24) is 0 Å². The second kappa shape index (κ2) is 14.1. The van der Waals surface area contributed by atoms with Crippen molar-refractivity contribution in [3.63, 3.8) is 0 Å². The van der Waals surface area contributed by atoms with Gasteiger partial charge < -0.3 is 34.6 Å². The van der Waals surface area contributed by atoms with Crippen molar-refractivity contribution in [2.24, 2.45) is 0 Å². The minimum Gasteiger partial charge on any atom is -1.00 e. The molecule has 0 aromatic carbocycles. The summed E-state index contributed by atoms with van der Waals surface area (Å²) in [5.74, 6) is 2.00. The van der Waals surface area contributed by atoms with Gasteiger partial charge in [-0.15, -0.1) is 0 Å². The minimum atomic E-state index is -0.714. The minimum absolute atomic E-state index is 0. The molecule has 2 nitrogen and oxygen atoms in total. The van der Waals surface area contributed by atoms with E-state index in [9.17, 15) is 5.11 Å². The Morgan fingerprint density at radius 3 is 2.17 bits per heavy atom. The van der Waals surface area contributed by atoms with Crippen molar-refractivity contribution in [3.8, 4) is 5.92 Å². The molecule has 12 heavy (non-hydrogen) atoms. The Morgan fingerprint density at radius 2 is 2.00 bits per heavy atom. The summed E-state index contributed by atoms with van der Waals surface area (Å²) in [5, 5.41) is 10.3. The van der Waals surface area contributed by atoms with Gasteiger partial charge in [0.2, 0.25) is 0 Å². The van der Waals surface area contributed by atoms with Gasteiger partial charge in [0.1, 0.15) is 0 Å². The summed E-state index contributed by atoms with van der Waals surface area (Å²) in [7, 11) is 0. The molecule has 66 valence electrons. The van der Waals surface area contributed by atoms with Crippen LogP contribution in [0.25, 0.3) is 0 Å². The van der Waals surface area contributed by atoms with E-state index >= 15 is 0 Å². The quantitative estimate of drug-likeness (QED) is 0.238. The monoisotopic (exact) mass is 199 g/mol. The molecule has 1 aliphatic heterocycles. The molecule has 0 aromatic rings. The fraction of sp³-hybridized carbons (Fsp3) is 0.750. The number of hydrogen-bond acceptors (Lipinski definition) is 2. The molecular weight excluding hydrogens is 188 g/mol. The van der Waals surface area contributed by atoms with Crippen LogP contribution in [0.3, 0.4) is 0 Å². The van der Waals surface area contributed by atoms with E-state index in [0.717, 1.165) is 12.8 Å². The second-order valence-electron chi connectivity index (χ2n) is 2.05.